The van der Waals surface area contributed by atoms with Gasteiger partial charge < -0.3 is 13.6 Å². The Labute approximate surface area is 350 Å². The van der Waals surface area contributed by atoms with Gasteiger partial charge in [-0.15, -0.1) is 0 Å². The van der Waals surface area contributed by atoms with E-state index in [1.54, 1.807) is 0 Å². The predicted octanol–water partition coefficient (Wildman–Crippen LogP) is 13.6. The van der Waals surface area contributed by atoms with E-state index in [1.165, 1.54) is 23.6 Å². The second kappa shape index (κ2) is 16.8. The van der Waals surface area contributed by atoms with Gasteiger partial charge in [0.2, 0.25) is 0 Å². The van der Waals surface area contributed by atoms with Gasteiger partial charge in [-0.2, -0.15) is 0 Å². The number of rotatable bonds is 13. The minimum atomic E-state index is -2.05. The minimum Gasteiger partial charge on any atom is -0.462 e. The van der Waals surface area contributed by atoms with E-state index >= 15 is 0 Å². The van der Waals surface area contributed by atoms with Crippen molar-refractivity contribution in [2.24, 2.45) is 23.2 Å². The fraction of sp³-hybridized carbons (Fsp3) is 0.720. The average molecular weight is 817 g/mol. The first-order chi connectivity index (χ1) is 26.2. The van der Waals surface area contributed by atoms with Gasteiger partial charge in [0, 0.05) is 19.8 Å². The van der Waals surface area contributed by atoms with Crippen molar-refractivity contribution in [2.75, 3.05) is 0 Å². The Hall–Kier alpha value is -2.07. The van der Waals surface area contributed by atoms with Crippen LogP contribution in [0.5, 0.6) is 0 Å². The number of Topliss-reactive ketones (excluding diaryl/α,β-unsaturated/α-hetero) is 1. The molecule has 0 N–H and O–H groups in total. The van der Waals surface area contributed by atoms with Gasteiger partial charge in [0.25, 0.3) is 0 Å². The molecule has 1 unspecified atom stereocenters. The standard InChI is InChI=1S/C50H80O5Si2/c1-33(2)37-21-23-40(24-22-37)50(28-29-50)46(52)32-44(53-36(5)51)35(4)42-25-26-43-38(18-17-27-49(42,43)12)19-20-39-30-41(54-56(13,14)47(6,7)8)31-45(34(39)3)55-57(15,16)48(9,10)11/h19-24,33,35,41-45H,3,17-18,25-32H2,1-2,4-16H3/t35-,41+,42+,43-,44?,45-,49+/m0/s1. The van der Waals surface area contributed by atoms with E-state index in [0.29, 0.717) is 17.8 Å². The molecule has 5 rings (SSSR count). The van der Waals surface area contributed by atoms with Crippen molar-refractivity contribution < 1.29 is 23.2 Å². The Balaban J connectivity index is 1.38. The molecule has 0 heterocycles. The summed E-state index contributed by atoms with van der Waals surface area (Å²) in [6, 6.07) is 8.67. The molecule has 1 aromatic rings. The van der Waals surface area contributed by atoms with Crippen molar-refractivity contribution >= 4 is 28.4 Å². The van der Waals surface area contributed by atoms with Gasteiger partial charge in [-0.3, -0.25) is 9.59 Å². The van der Waals surface area contributed by atoms with Crippen molar-refractivity contribution in [2.45, 2.75) is 206 Å². The lowest BCUT2D eigenvalue weighted by molar-refractivity contribution is -0.153. The molecule has 0 bridgehead atoms. The van der Waals surface area contributed by atoms with Crippen LogP contribution in [0.2, 0.25) is 36.3 Å². The topological polar surface area (TPSA) is 61.8 Å². The average Bonchev–Trinajstić information content (AvgIpc) is 3.83. The third-order valence-corrected chi connectivity index (χ3v) is 25.1. The molecule has 0 amide bonds. The number of esters is 1. The third kappa shape index (κ3) is 9.78. The van der Waals surface area contributed by atoms with Crippen LogP contribution < -0.4 is 0 Å². The maximum atomic E-state index is 14.2. The van der Waals surface area contributed by atoms with Gasteiger partial charge in [-0.25, -0.2) is 0 Å². The summed E-state index contributed by atoms with van der Waals surface area (Å²) in [7, 11) is -4.05. The number of hydrogen-bond donors (Lipinski definition) is 0. The molecule has 0 spiro atoms. The summed E-state index contributed by atoms with van der Waals surface area (Å²) in [5.74, 6) is 1.31. The second-order valence-corrected chi connectivity index (χ2v) is 31.9. The van der Waals surface area contributed by atoms with E-state index in [-0.39, 0.29) is 51.8 Å². The highest BCUT2D eigenvalue weighted by atomic mass is 28.4. The molecule has 4 saturated carbocycles. The van der Waals surface area contributed by atoms with Crippen molar-refractivity contribution in [1.82, 2.24) is 0 Å². The quantitative estimate of drug-likeness (QED) is 0.147. The van der Waals surface area contributed by atoms with Crippen molar-refractivity contribution in [3.63, 3.8) is 0 Å². The van der Waals surface area contributed by atoms with Gasteiger partial charge in [-0.05, 0) is 139 Å². The highest BCUT2D eigenvalue weighted by Gasteiger charge is 2.55. The van der Waals surface area contributed by atoms with Crippen LogP contribution in [0.4, 0.5) is 0 Å². The molecule has 57 heavy (non-hydrogen) atoms. The molecule has 5 nitrogen and oxygen atoms in total. The van der Waals surface area contributed by atoms with Crippen LogP contribution in [0.25, 0.3) is 0 Å². The molecule has 0 aromatic heterocycles. The zero-order chi connectivity index (χ0) is 42.5. The lowest BCUT2D eigenvalue weighted by Crippen LogP contribution is -2.49. The number of ether oxygens (including phenoxy) is 1. The molecule has 0 aliphatic heterocycles. The normalized spacial score (nSPS) is 29.4. The van der Waals surface area contributed by atoms with Crippen molar-refractivity contribution in [1.29, 1.82) is 0 Å². The van der Waals surface area contributed by atoms with Gasteiger partial charge in [0.1, 0.15) is 11.9 Å². The molecule has 7 heteroatoms. The smallest absolute Gasteiger partial charge is 0.302 e. The molecular formula is C50H80O5Si2. The van der Waals surface area contributed by atoms with Gasteiger partial charge in [-0.1, -0.05) is 118 Å². The third-order valence-electron chi connectivity index (χ3n) is 16.1. The fourth-order valence-corrected chi connectivity index (χ4v) is 12.8. The van der Waals surface area contributed by atoms with Crippen LogP contribution in [0, 0.1) is 23.2 Å². The van der Waals surface area contributed by atoms with Crippen molar-refractivity contribution in [3.05, 3.63) is 70.8 Å². The van der Waals surface area contributed by atoms with Crippen LogP contribution in [0.15, 0.2) is 59.7 Å². The van der Waals surface area contributed by atoms with Gasteiger partial charge >= 0.3 is 5.97 Å². The summed E-state index contributed by atoms with van der Waals surface area (Å²) >= 11 is 0. The SMILES string of the molecule is C=C1C(=CC=C2CCC[C@]3(C)[C@@H]([C@H](C)C(CC(=O)C4(c5ccc(C(C)C)cc5)CC4)OC(C)=O)CC[C@@H]23)C[C@@H](O[Si](C)(C)C(C)(C)C)C[C@@H]1O[Si](C)(C)C(C)(C)C. The lowest BCUT2D eigenvalue weighted by Gasteiger charge is -2.46. The van der Waals surface area contributed by atoms with Crippen LogP contribution in [-0.2, 0) is 28.6 Å². The van der Waals surface area contributed by atoms with E-state index in [9.17, 15) is 9.59 Å². The van der Waals surface area contributed by atoms with E-state index in [4.69, 9.17) is 20.2 Å². The van der Waals surface area contributed by atoms with Gasteiger partial charge in [0.15, 0.2) is 16.6 Å². The summed E-state index contributed by atoms with van der Waals surface area (Å²) in [5, 5.41) is 0.238. The fourth-order valence-electron chi connectivity index (χ4n) is 10.1. The van der Waals surface area contributed by atoms with Crippen LogP contribution in [0.3, 0.4) is 0 Å². The highest BCUT2D eigenvalue weighted by molar-refractivity contribution is 6.74. The summed E-state index contributed by atoms with van der Waals surface area (Å²) in [6.45, 7) is 38.7. The first-order valence-corrected chi connectivity index (χ1v) is 28.3. The summed E-state index contributed by atoms with van der Waals surface area (Å²) in [5.41, 5.74) is 5.99. The molecule has 4 aliphatic carbocycles. The highest BCUT2D eigenvalue weighted by Crippen LogP contribution is 2.60. The maximum absolute atomic E-state index is 14.2. The van der Waals surface area contributed by atoms with E-state index in [0.717, 1.165) is 68.9 Å². The summed E-state index contributed by atoms with van der Waals surface area (Å²) < 4.78 is 20.4. The number of carbonyl (C=O) groups is 2. The number of benzene rings is 1. The Kier molecular flexibility index (Phi) is 13.5. The predicted molar refractivity (Wildman–Crippen MR) is 243 cm³/mol. The largest absolute Gasteiger partial charge is 0.462 e. The Morgan fingerprint density at radius 3 is 2.04 bits per heavy atom. The zero-order valence-electron chi connectivity index (χ0n) is 38.8. The van der Waals surface area contributed by atoms with Crippen molar-refractivity contribution in [3.8, 4) is 0 Å². The molecular weight excluding hydrogens is 737 g/mol. The number of fused-ring (bicyclic) bond motifs is 1. The molecule has 0 saturated heterocycles. The molecule has 7 atom stereocenters. The summed E-state index contributed by atoms with van der Waals surface area (Å²) in [6.07, 6.45) is 13.9. The molecule has 4 aliphatic rings. The van der Waals surface area contributed by atoms with E-state index < -0.39 is 28.2 Å². The maximum Gasteiger partial charge on any atom is 0.302 e. The van der Waals surface area contributed by atoms with Gasteiger partial charge in [0.05, 0.1) is 17.6 Å². The number of carbonyl (C=O) groups excluding carboxylic acids is 2. The van der Waals surface area contributed by atoms with Crippen LogP contribution in [0.1, 0.15) is 157 Å². The lowest BCUT2D eigenvalue weighted by atomic mass is 9.60. The zero-order valence-corrected chi connectivity index (χ0v) is 40.8. The molecule has 0 radical (unpaired) electrons. The number of ketones is 1. The first kappa shape index (κ1) is 46.0. The number of allylic oxidation sites excluding steroid dienone is 3. The molecule has 318 valence electrons. The first-order valence-electron chi connectivity index (χ1n) is 22.5. The van der Waals surface area contributed by atoms with Crippen LogP contribution in [-0.4, -0.2) is 46.7 Å². The molecule has 1 aromatic carbocycles. The Bertz CT molecular complexity index is 1700. The minimum absolute atomic E-state index is 0.0394. The monoisotopic (exact) mass is 817 g/mol. The Morgan fingerprint density at radius 2 is 1.49 bits per heavy atom. The van der Waals surface area contributed by atoms with Crippen LogP contribution >= 0.6 is 0 Å². The van der Waals surface area contributed by atoms with E-state index in [1.807, 2.05) is 0 Å². The number of hydrogen-bond acceptors (Lipinski definition) is 5. The second-order valence-electron chi connectivity index (χ2n) is 22.4. The summed E-state index contributed by atoms with van der Waals surface area (Å²) in [4.78, 5) is 26.8. The molecule has 4 fully saturated rings. The Morgan fingerprint density at radius 1 is 0.895 bits per heavy atom. The van der Waals surface area contributed by atoms with E-state index in [2.05, 4.69) is 132 Å².